The summed E-state index contributed by atoms with van der Waals surface area (Å²) in [6.45, 7) is 1.09. The van der Waals surface area contributed by atoms with Gasteiger partial charge in [0.05, 0.1) is 17.1 Å². The standard InChI is InChI=1S/C19H18N2O5S/c22-18(15-3-1-9-24-15)21-7-5-13(6-8-21)19(23)25-12-14-11-16(26-20-14)17-4-2-10-27-17/h1-4,9-11,13H,5-8,12H2. The largest absolute Gasteiger partial charge is 0.459 e. The summed E-state index contributed by atoms with van der Waals surface area (Å²) < 4.78 is 15.8. The summed E-state index contributed by atoms with van der Waals surface area (Å²) in [5, 5.41) is 5.90. The summed E-state index contributed by atoms with van der Waals surface area (Å²) in [7, 11) is 0. The van der Waals surface area contributed by atoms with Gasteiger partial charge in [-0.25, -0.2) is 0 Å². The maximum atomic E-state index is 12.3. The molecule has 3 aromatic rings. The molecule has 3 aromatic heterocycles. The molecule has 4 rings (SSSR count). The molecule has 0 aromatic carbocycles. The van der Waals surface area contributed by atoms with Gasteiger partial charge in [-0.1, -0.05) is 11.2 Å². The van der Waals surface area contributed by atoms with Crippen LogP contribution in [0, 0.1) is 5.92 Å². The maximum absolute atomic E-state index is 12.3. The van der Waals surface area contributed by atoms with Gasteiger partial charge >= 0.3 is 5.97 Å². The lowest BCUT2D eigenvalue weighted by atomic mass is 9.97. The average molecular weight is 386 g/mol. The lowest BCUT2D eigenvalue weighted by molar-refractivity contribution is -0.151. The minimum Gasteiger partial charge on any atom is -0.459 e. The molecular formula is C19H18N2O5S. The number of likely N-dealkylation sites (tertiary alicyclic amines) is 1. The monoisotopic (exact) mass is 386 g/mol. The molecule has 0 atom stereocenters. The Morgan fingerprint density at radius 1 is 1.26 bits per heavy atom. The molecule has 140 valence electrons. The second-order valence-corrected chi connectivity index (χ2v) is 7.26. The molecule has 4 heterocycles. The van der Waals surface area contributed by atoms with E-state index in [9.17, 15) is 9.59 Å². The molecule has 0 aliphatic carbocycles. The van der Waals surface area contributed by atoms with Gasteiger partial charge in [-0.05, 0) is 36.4 Å². The van der Waals surface area contributed by atoms with Crippen LogP contribution in [0.3, 0.4) is 0 Å². The number of amides is 1. The Hall–Kier alpha value is -2.87. The number of hydrogen-bond acceptors (Lipinski definition) is 7. The van der Waals surface area contributed by atoms with E-state index in [0.29, 0.717) is 43.1 Å². The van der Waals surface area contributed by atoms with Crippen molar-refractivity contribution in [2.75, 3.05) is 13.1 Å². The van der Waals surface area contributed by atoms with Crippen LogP contribution in [0.15, 0.2) is 50.9 Å². The molecule has 8 heteroatoms. The second-order valence-electron chi connectivity index (χ2n) is 6.31. The van der Waals surface area contributed by atoms with Crippen LogP contribution in [0.2, 0.25) is 0 Å². The first kappa shape index (κ1) is 17.5. The van der Waals surface area contributed by atoms with E-state index < -0.39 is 0 Å². The number of rotatable bonds is 5. The summed E-state index contributed by atoms with van der Waals surface area (Å²) in [4.78, 5) is 27.2. The predicted octanol–water partition coefficient (Wildman–Crippen LogP) is 3.59. The Morgan fingerprint density at radius 3 is 2.81 bits per heavy atom. The zero-order chi connectivity index (χ0) is 18.6. The molecule has 1 fully saturated rings. The van der Waals surface area contributed by atoms with Gasteiger partial charge in [-0.3, -0.25) is 9.59 Å². The Balaban J connectivity index is 1.26. The van der Waals surface area contributed by atoms with E-state index in [1.165, 1.54) is 6.26 Å². The molecule has 0 radical (unpaired) electrons. The van der Waals surface area contributed by atoms with Crippen LogP contribution in [-0.4, -0.2) is 35.0 Å². The Bertz CT molecular complexity index is 893. The lowest BCUT2D eigenvalue weighted by Crippen LogP contribution is -2.40. The van der Waals surface area contributed by atoms with E-state index in [2.05, 4.69) is 5.16 Å². The van der Waals surface area contributed by atoms with Gasteiger partial charge in [0.2, 0.25) is 0 Å². The number of carbonyl (C=O) groups excluding carboxylic acids is 2. The maximum Gasteiger partial charge on any atom is 0.309 e. The van der Waals surface area contributed by atoms with Crippen LogP contribution in [0.1, 0.15) is 29.1 Å². The van der Waals surface area contributed by atoms with Crippen molar-refractivity contribution in [3.63, 3.8) is 0 Å². The van der Waals surface area contributed by atoms with Gasteiger partial charge in [0.25, 0.3) is 5.91 Å². The summed E-state index contributed by atoms with van der Waals surface area (Å²) in [5.41, 5.74) is 0.581. The molecule has 27 heavy (non-hydrogen) atoms. The highest BCUT2D eigenvalue weighted by Crippen LogP contribution is 2.26. The minimum absolute atomic E-state index is 0.0826. The van der Waals surface area contributed by atoms with Crippen LogP contribution in [-0.2, 0) is 16.1 Å². The van der Waals surface area contributed by atoms with Crippen molar-refractivity contribution in [1.29, 1.82) is 0 Å². The third-order valence-corrected chi connectivity index (χ3v) is 5.42. The van der Waals surface area contributed by atoms with Gasteiger partial charge in [0.1, 0.15) is 12.3 Å². The molecule has 0 bridgehead atoms. The Labute approximate surface area is 159 Å². The van der Waals surface area contributed by atoms with E-state index in [-0.39, 0.29) is 24.4 Å². The van der Waals surface area contributed by atoms with Crippen LogP contribution in [0.5, 0.6) is 0 Å². The molecule has 1 amide bonds. The number of esters is 1. The first-order valence-electron chi connectivity index (χ1n) is 8.69. The van der Waals surface area contributed by atoms with Crippen LogP contribution < -0.4 is 0 Å². The topological polar surface area (TPSA) is 85.8 Å². The van der Waals surface area contributed by atoms with Crippen molar-refractivity contribution in [2.24, 2.45) is 5.92 Å². The van der Waals surface area contributed by atoms with Crippen molar-refractivity contribution >= 4 is 23.2 Å². The first-order valence-corrected chi connectivity index (χ1v) is 9.57. The number of aromatic nitrogens is 1. The molecule has 0 saturated carbocycles. The zero-order valence-electron chi connectivity index (χ0n) is 14.5. The predicted molar refractivity (Wildman–Crippen MR) is 96.9 cm³/mol. The van der Waals surface area contributed by atoms with Crippen molar-refractivity contribution in [1.82, 2.24) is 10.1 Å². The lowest BCUT2D eigenvalue weighted by Gasteiger charge is -2.30. The van der Waals surface area contributed by atoms with Gasteiger partial charge < -0.3 is 18.6 Å². The Kier molecular flexibility index (Phi) is 5.06. The second kappa shape index (κ2) is 7.79. The molecule has 7 nitrogen and oxygen atoms in total. The fourth-order valence-corrected chi connectivity index (χ4v) is 3.73. The third-order valence-electron chi connectivity index (χ3n) is 4.53. The smallest absolute Gasteiger partial charge is 0.309 e. The molecular weight excluding hydrogens is 368 g/mol. The highest BCUT2D eigenvalue weighted by atomic mass is 32.1. The highest BCUT2D eigenvalue weighted by Gasteiger charge is 2.29. The molecule has 0 N–H and O–H groups in total. The summed E-state index contributed by atoms with van der Waals surface area (Å²) >= 11 is 1.56. The number of carbonyl (C=O) groups is 2. The van der Waals surface area contributed by atoms with Gasteiger partial charge in [-0.2, -0.15) is 0 Å². The number of furan rings is 1. The van der Waals surface area contributed by atoms with E-state index >= 15 is 0 Å². The molecule has 1 aliphatic heterocycles. The van der Waals surface area contributed by atoms with Crippen LogP contribution in [0.4, 0.5) is 0 Å². The van der Waals surface area contributed by atoms with Crippen molar-refractivity contribution < 1.29 is 23.3 Å². The van der Waals surface area contributed by atoms with Crippen molar-refractivity contribution in [3.8, 4) is 10.6 Å². The van der Waals surface area contributed by atoms with E-state index in [0.717, 1.165) is 4.88 Å². The summed E-state index contributed by atoms with van der Waals surface area (Å²) in [5.74, 6) is 0.370. The fourth-order valence-electron chi connectivity index (χ4n) is 3.05. The van der Waals surface area contributed by atoms with E-state index in [1.807, 2.05) is 17.5 Å². The van der Waals surface area contributed by atoms with Crippen LogP contribution >= 0.6 is 11.3 Å². The van der Waals surface area contributed by atoms with Crippen molar-refractivity contribution in [2.45, 2.75) is 19.4 Å². The third kappa shape index (κ3) is 3.95. The molecule has 0 spiro atoms. The number of thiophene rings is 1. The number of piperidine rings is 1. The zero-order valence-corrected chi connectivity index (χ0v) is 15.3. The number of nitrogens with zero attached hydrogens (tertiary/aromatic N) is 2. The quantitative estimate of drug-likeness (QED) is 0.623. The van der Waals surface area contributed by atoms with Gasteiger partial charge in [0.15, 0.2) is 11.5 Å². The van der Waals surface area contributed by atoms with E-state index in [4.69, 9.17) is 13.7 Å². The SMILES string of the molecule is O=C(OCc1cc(-c2cccs2)on1)C1CCN(C(=O)c2ccco2)CC1. The molecule has 1 saturated heterocycles. The van der Waals surface area contributed by atoms with Gasteiger partial charge in [-0.15, -0.1) is 11.3 Å². The highest BCUT2D eigenvalue weighted by molar-refractivity contribution is 7.13. The van der Waals surface area contributed by atoms with Crippen molar-refractivity contribution in [3.05, 3.63) is 53.4 Å². The average Bonchev–Trinajstić information content (AvgIpc) is 3.47. The number of hydrogen-bond donors (Lipinski definition) is 0. The molecule has 0 unspecified atom stereocenters. The molecule has 1 aliphatic rings. The summed E-state index contributed by atoms with van der Waals surface area (Å²) in [6, 6.07) is 8.99. The van der Waals surface area contributed by atoms with Gasteiger partial charge in [0, 0.05) is 19.2 Å². The Morgan fingerprint density at radius 2 is 2.11 bits per heavy atom. The normalized spacial score (nSPS) is 15.0. The van der Waals surface area contributed by atoms with Crippen LogP contribution in [0.25, 0.3) is 10.6 Å². The first-order chi connectivity index (χ1) is 13.2. The summed E-state index contributed by atoms with van der Waals surface area (Å²) in [6.07, 6.45) is 2.63. The van der Waals surface area contributed by atoms with E-state index in [1.54, 1.807) is 34.4 Å². The fraction of sp³-hybridized carbons (Fsp3) is 0.316. The number of ether oxygens (including phenoxy) is 1. The minimum atomic E-state index is -0.263.